The number of halogens is 2. The highest BCUT2D eigenvalue weighted by Crippen LogP contribution is 2.15. The van der Waals surface area contributed by atoms with E-state index >= 15 is 0 Å². The second-order valence-corrected chi connectivity index (χ2v) is 3.96. The van der Waals surface area contributed by atoms with E-state index in [0.29, 0.717) is 13.1 Å². The zero-order valence-corrected chi connectivity index (χ0v) is 8.88. The van der Waals surface area contributed by atoms with E-state index in [1.165, 1.54) is 18.2 Å². The van der Waals surface area contributed by atoms with Crippen LogP contribution in [0.5, 0.6) is 0 Å². The molecule has 0 unspecified atom stereocenters. The van der Waals surface area contributed by atoms with E-state index in [1.54, 1.807) is 4.90 Å². The molecule has 16 heavy (non-hydrogen) atoms. The Labute approximate surface area is 92.9 Å². The summed E-state index contributed by atoms with van der Waals surface area (Å²) in [6, 6.07) is 3.65. The molecule has 0 N–H and O–H groups in total. The first-order chi connectivity index (χ1) is 7.68. The standard InChI is InChI=1S/C12H13F2NO/c13-10-4-3-5-11(14)9(10)8-12(16)15-6-1-2-7-15/h3-5H,1-2,6-8H2. The van der Waals surface area contributed by atoms with Gasteiger partial charge in [0.05, 0.1) is 6.42 Å². The molecule has 1 aromatic rings. The highest BCUT2D eigenvalue weighted by atomic mass is 19.1. The molecule has 1 saturated heterocycles. The number of likely N-dealkylation sites (tertiary alicyclic amines) is 1. The fourth-order valence-corrected chi connectivity index (χ4v) is 1.93. The lowest BCUT2D eigenvalue weighted by atomic mass is 10.1. The van der Waals surface area contributed by atoms with Gasteiger partial charge in [0.1, 0.15) is 11.6 Å². The van der Waals surface area contributed by atoms with Gasteiger partial charge in [-0.3, -0.25) is 4.79 Å². The molecule has 1 amide bonds. The number of hydrogen-bond donors (Lipinski definition) is 0. The Balaban J connectivity index is 2.11. The van der Waals surface area contributed by atoms with Crippen LogP contribution in [0.15, 0.2) is 18.2 Å². The normalized spacial score (nSPS) is 15.5. The van der Waals surface area contributed by atoms with Crippen LogP contribution < -0.4 is 0 Å². The van der Waals surface area contributed by atoms with E-state index in [9.17, 15) is 13.6 Å². The van der Waals surface area contributed by atoms with Crippen molar-refractivity contribution in [1.82, 2.24) is 4.90 Å². The Morgan fingerprint density at radius 3 is 2.31 bits per heavy atom. The average molecular weight is 225 g/mol. The molecular weight excluding hydrogens is 212 g/mol. The maximum atomic E-state index is 13.3. The molecule has 0 saturated carbocycles. The predicted molar refractivity (Wildman–Crippen MR) is 55.9 cm³/mol. The van der Waals surface area contributed by atoms with Gasteiger partial charge in [-0.15, -0.1) is 0 Å². The van der Waals surface area contributed by atoms with E-state index in [-0.39, 0.29) is 17.9 Å². The second-order valence-electron chi connectivity index (χ2n) is 3.96. The SMILES string of the molecule is O=C(Cc1c(F)cccc1F)N1CCCC1. The topological polar surface area (TPSA) is 20.3 Å². The largest absolute Gasteiger partial charge is 0.342 e. The molecule has 0 radical (unpaired) electrons. The van der Waals surface area contributed by atoms with Gasteiger partial charge in [-0.2, -0.15) is 0 Å². The number of rotatable bonds is 2. The van der Waals surface area contributed by atoms with Gasteiger partial charge < -0.3 is 4.90 Å². The van der Waals surface area contributed by atoms with Crippen LogP contribution >= 0.6 is 0 Å². The van der Waals surface area contributed by atoms with Crippen molar-refractivity contribution in [3.63, 3.8) is 0 Å². The molecule has 0 spiro atoms. The van der Waals surface area contributed by atoms with Gasteiger partial charge in [-0.1, -0.05) is 6.07 Å². The van der Waals surface area contributed by atoms with Crippen LogP contribution in [-0.4, -0.2) is 23.9 Å². The first-order valence-corrected chi connectivity index (χ1v) is 5.39. The van der Waals surface area contributed by atoms with Gasteiger partial charge in [-0.05, 0) is 25.0 Å². The van der Waals surface area contributed by atoms with Crippen molar-refractivity contribution in [3.8, 4) is 0 Å². The maximum Gasteiger partial charge on any atom is 0.227 e. The van der Waals surface area contributed by atoms with Crippen molar-refractivity contribution in [2.45, 2.75) is 19.3 Å². The molecule has 0 aromatic heterocycles. The zero-order valence-electron chi connectivity index (χ0n) is 8.88. The molecule has 1 fully saturated rings. The molecule has 0 atom stereocenters. The molecule has 4 heteroatoms. The Kier molecular flexibility index (Phi) is 3.17. The Hall–Kier alpha value is -1.45. The summed E-state index contributed by atoms with van der Waals surface area (Å²) in [5.74, 6) is -1.48. The van der Waals surface area contributed by atoms with Crippen molar-refractivity contribution < 1.29 is 13.6 Å². The summed E-state index contributed by atoms with van der Waals surface area (Å²) >= 11 is 0. The smallest absolute Gasteiger partial charge is 0.227 e. The minimum atomic E-state index is -0.646. The van der Waals surface area contributed by atoms with E-state index in [2.05, 4.69) is 0 Å². The first-order valence-electron chi connectivity index (χ1n) is 5.39. The first kappa shape index (κ1) is 11.0. The predicted octanol–water partition coefficient (Wildman–Crippen LogP) is 2.13. The Morgan fingerprint density at radius 1 is 1.19 bits per heavy atom. The lowest BCUT2D eigenvalue weighted by molar-refractivity contribution is -0.129. The monoisotopic (exact) mass is 225 g/mol. The molecule has 0 bridgehead atoms. The van der Waals surface area contributed by atoms with Crippen LogP contribution in [0.1, 0.15) is 18.4 Å². The van der Waals surface area contributed by atoms with Crippen LogP contribution in [0.4, 0.5) is 8.78 Å². The molecule has 1 aliphatic rings. The third-order valence-corrected chi connectivity index (χ3v) is 2.85. The van der Waals surface area contributed by atoms with Crippen LogP contribution in [0.25, 0.3) is 0 Å². The van der Waals surface area contributed by atoms with E-state index in [4.69, 9.17) is 0 Å². The Bertz CT molecular complexity index is 380. The maximum absolute atomic E-state index is 13.3. The lowest BCUT2D eigenvalue weighted by Gasteiger charge is -2.15. The van der Waals surface area contributed by atoms with Crippen molar-refractivity contribution >= 4 is 5.91 Å². The number of benzene rings is 1. The van der Waals surface area contributed by atoms with E-state index < -0.39 is 11.6 Å². The molecule has 1 aliphatic heterocycles. The third kappa shape index (κ3) is 2.21. The summed E-state index contributed by atoms with van der Waals surface area (Å²) in [5, 5.41) is 0. The molecule has 2 nitrogen and oxygen atoms in total. The van der Waals surface area contributed by atoms with Gasteiger partial charge in [0.25, 0.3) is 0 Å². The molecular formula is C12H13F2NO. The van der Waals surface area contributed by atoms with Gasteiger partial charge in [-0.25, -0.2) is 8.78 Å². The average Bonchev–Trinajstić information content (AvgIpc) is 2.76. The Morgan fingerprint density at radius 2 is 1.75 bits per heavy atom. The third-order valence-electron chi connectivity index (χ3n) is 2.85. The van der Waals surface area contributed by atoms with Gasteiger partial charge >= 0.3 is 0 Å². The summed E-state index contributed by atoms with van der Waals surface area (Å²) in [7, 11) is 0. The van der Waals surface area contributed by atoms with Crippen molar-refractivity contribution in [2.24, 2.45) is 0 Å². The highest BCUT2D eigenvalue weighted by molar-refractivity contribution is 5.79. The van der Waals surface area contributed by atoms with Gasteiger partial charge in [0.15, 0.2) is 0 Å². The molecule has 0 aliphatic carbocycles. The number of hydrogen-bond acceptors (Lipinski definition) is 1. The summed E-state index contributed by atoms with van der Waals surface area (Å²) in [5.41, 5.74) is -0.126. The zero-order chi connectivity index (χ0) is 11.5. The minimum absolute atomic E-state index is 0.126. The summed E-state index contributed by atoms with van der Waals surface area (Å²) < 4.78 is 26.6. The highest BCUT2D eigenvalue weighted by Gasteiger charge is 2.20. The number of nitrogens with zero attached hydrogens (tertiary/aromatic N) is 1. The van der Waals surface area contributed by atoms with E-state index in [1.807, 2.05) is 0 Å². The fraction of sp³-hybridized carbons (Fsp3) is 0.417. The number of carbonyl (C=O) groups is 1. The fourth-order valence-electron chi connectivity index (χ4n) is 1.93. The van der Waals surface area contributed by atoms with Crippen molar-refractivity contribution in [3.05, 3.63) is 35.4 Å². The van der Waals surface area contributed by atoms with Crippen LogP contribution in [-0.2, 0) is 11.2 Å². The lowest BCUT2D eigenvalue weighted by Crippen LogP contribution is -2.29. The summed E-state index contributed by atoms with van der Waals surface area (Å²) in [4.78, 5) is 13.4. The summed E-state index contributed by atoms with van der Waals surface area (Å²) in [6.07, 6.45) is 1.77. The van der Waals surface area contributed by atoms with Crippen molar-refractivity contribution in [1.29, 1.82) is 0 Å². The van der Waals surface area contributed by atoms with Crippen LogP contribution in [0.2, 0.25) is 0 Å². The quantitative estimate of drug-likeness (QED) is 0.755. The van der Waals surface area contributed by atoms with Crippen LogP contribution in [0.3, 0.4) is 0 Å². The molecule has 1 heterocycles. The van der Waals surface area contributed by atoms with Gasteiger partial charge in [0, 0.05) is 18.7 Å². The summed E-state index contributed by atoms with van der Waals surface area (Å²) in [6.45, 7) is 1.41. The molecule has 2 rings (SSSR count). The molecule has 1 aromatic carbocycles. The van der Waals surface area contributed by atoms with Crippen LogP contribution in [0, 0.1) is 11.6 Å². The molecule has 86 valence electrons. The van der Waals surface area contributed by atoms with E-state index in [0.717, 1.165) is 12.8 Å². The number of amides is 1. The van der Waals surface area contributed by atoms with Gasteiger partial charge in [0.2, 0.25) is 5.91 Å². The second kappa shape index (κ2) is 4.60. The number of carbonyl (C=O) groups excluding carboxylic acids is 1. The van der Waals surface area contributed by atoms with Crippen molar-refractivity contribution in [2.75, 3.05) is 13.1 Å². The minimum Gasteiger partial charge on any atom is -0.342 e.